The van der Waals surface area contributed by atoms with Crippen LogP contribution >= 0.6 is 0 Å². The maximum Gasteiger partial charge on any atom is 1.00 e. The molecule has 0 bridgehead atoms. The predicted molar refractivity (Wildman–Crippen MR) is 54.4 cm³/mol. The van der Waals surface area contributed by atoms with Crippen molar-refractivity contribution in [1.82, 2.24) is 0 Å². The SMILES string of the molecule is Cc1ccc2c(CC(=O)[O-])coc2c1C.[Na+]. The second kappa shape index (κ2) is 5.04. The number of carboxylic acids is 1. The Hall–Kier alpha value is -0.770. The van der Waals surface area contributed by atoms with Crippen molar-refractivity contribution in [1.29, 1.82) is 0 Å². The summed E-state index contributed by atoms with van der Waals surface area (Å²) in [6, 6.07) is 3.85. The molecule has 0 saturated carbocycles. The molecular formula is C12H11NaO3. The van der Waals surface area contributed by atoms with E-state index < -0.39 is 5.97 Å². The number of carbonyl (C=O) groups is 1. The molecule has 0 saturated heterocycles. The summed E-state index contributed by atoms with van der Waals surface area (Å²) >= 11 is 0. The molecule has 1 aromatic heterocycles. The van der Waals surface area contributed by atoms with E-state index in [1.807, 2.05) is 26.0 Å². The van der Waals surface area contributed by atoms with E-state index >= 15 is 0 Å². The summed E-state index contributed by atoms with van der Waals surface area (Å²) in [4.78, 5) is 10.5. The fraction of sp³-hybridized carbons (Fsp3) is 0.250. The molecule has 0 aliphatic rings. The molecule has 0 unspecified atom stereocenters. The Morgan fingerprint density at radius 3 is 2.69 bits per heavy atom. The molecule has 16 heavy (non-hydrogen) atoms. The van der Waals surface area contributed by atoms with E-state index in [4.69, 9.17) is 4.42 Å². The number of carboxylic acid groups (broad SMARTS) is 1. The van der Waals surface area contributed by atoms with Crippen molar-refractivity contribution in [3.05, 3.63) is 35.1 Å². The van der Waals surface area contributed by atoms with E-state index in [1.54, 1.807) is 0 Å². The number of hydrogen-bond acceptors (Lipinski definition) is 3. The van der Waals surface area contributed by atoms with Gasteiger partial charge in [0.05, 0.1) is 6.26 Å². The largest absolute Gasteiger partial charge is 1.00 e. The van der Waals surface area contributed by atoms with Crippen molar-refractivity contribution in [2.45, 2.75) is 20.3 Å². The van der Waals surface area contributed by atoms with Gasteiger partial charge in [0.1, 0.15) is 5.58 Å². The number of hydrogen-bond donors (Lipinski definition) is 0. The monoisotopic (exact) mass is 226 g/mol. The molecule has 0 amide bonds. The Bertz CT molecular complexity index is 528. The second-order valence-electron chi connectivity index (χ2n) is 3.69. The number of carbonyl (C=O) groups excluding carboxylic acids is 1. The van der Waals surface area contributed by atoms with E-state index in [1.165, 1.54) is 6.26 Å². The standard InChI is InChI=1S/C12H12O3.Na/c1-7-3-4-10-9(5-11(13)14)6-15-12(10)8(7)2;/h3-4,6H,5H2,1-2H3,(H,13,14);/q;+1/p-1. The Kier molecular flexibility index (Phi) is 4.19. The van der Waals surface area contributed by atoms with Crippen LogP contribution in [0.5, 0.6) is 0 Å². The molecular weight excluding hydrogens is 215 g/mol. The molecule has 0 aliphatic heterocycles. The third-order valence-corrected chi connectivity index (χ3v) is 2.68. The van der Waals surface area contributed by atoms with Gasteiger partial charge in [-0.15, -0.1) is 0 Å². The summed E-state index contributed by atoms with van der Waals surface area (Å²) in [6.07, 6.45) is 1.39. The van der Waals surface area contributed by atoms with Crippen LogP contribution in [0, 0.1) is 13.8 Å². The van der Waals surface area contributed by atoms with Crippen LogP contribution in [0.25, 0.3) is 11.0 Å². The van der Waals surface area contributed by atoms with E-state index in [2.05, 4.69) is 0 Å². The Labute approximate surface area is 116 Å². The van der Waals surface area contributed by atoms with E-state index in [-0.39, 0.29) is 36.0 Å². The van der Waals surface area contributed by atoms with Crippen LogP contribution in [-0.4, -0.2) is 5.97 Å². The summed E-state index contributed by atoms with van der Waals surface area (Å²) in [7, 11) is 0. The molecule has 0 atom stereocenters. The minimum Gasteiger partial charge on any atom is -0.550 e. The van der Waals surface area contributed by atoms with Crippen LogP contribution in [0.1, 0.15) is 16.7 Å². The molecule has 0 spiro atoms. The molecule has 0 aliphatic carbocycles. The average Bonchev–Trinajstić information content (AvgIpc) is 2.55. The molecule has 1 heterocycles. The van der Waals surface area contributed by atoms with Gasteiger partial charge >= 0.3 is 29.6 Å². The van der Waals surface area contributed by atoms with Crippen molar-refractivity contribution in [3.63, 3.8) is 0 Å². The first-order valence-electron chi connectivity index (χ1n) is 4.75. The van der Waals surface area contributed by atoms with Crippen molar-refractivity contribution < 1.29 is 43.9 Å². The Balaban J connectivity index is 0.00000128. The van der Waals surface area contributed by atoms with Crippen LogP contribution in [0.15, 0.2) is 22.8 Å². The number of rotatable bonds is 2. The van der Waals surface area contributed by atoms with E-state index in [0.29, 0.717) is 5.56 Å². The molecule has 0 radical (unpaired) electrons. The minimum absolute atomic E-state index is 0. The van der Waals surface area contributed by atoms with Gasteiger partial charge in [0.2, 0.25) is 0 Å². The molecule has 3 nitrogen and oxygen atoms in total. The zero-order valence-electron chi connectivity index (χ0n) is 9.66. The van der Waals surface area contributed by atoms with Crippen LogP contribution < -0.4 is 34.7 Å². The van der Waals surface area contributed by atoms with Crippen LogP contribution in [0.2, 0.25) is 0 Å². The first-order chi connectivity index (χ1) is 7.09. The summed E-state index contributed by atoms with van der Waals surface area (Å²) in [5.41, 5.74) is 3.63. The predicted octanol–water partition coefficient (Wildman–Crippen LogP) is -1.65. The normalized spacial score (nSPS) is 10.1. The number of aliphatic carboxylic acids is 1. The average molecular weight is 226 g/mol. The third kappa shape index (κ3) is 2.32. The van der Waals surface area contributed by atoms with Gasteiger partial charge in [0, 0.05) is 23.3 Å². The van der Waals surface area contributed by atoms with Crippen molar-refractivity contribution in [3.8, 4) is 0 Å². The fourth-order valence-corrected chi connectivity index (χ4v) is 1.68. The molecule has 4 heteroatoms. The zero-order chi connectivity index (χ0) is 11.0. The molecule has 78 valence electrons. The smallest absolute Gasteiger partial charge is 0.550 e. The number of aryl methyl sites for hydroxylation is 2. The van der Waals surface area contributed by atoms with Crippen molar-refractivity contribution in [2.75, 3.05) is 0 Å². The van der Waals surface area contributed by atoms with Crippen molar-refractivity contribution >= 4 is 16.9 Å². The maximum absolute atomic E-state index is 10.5. The van der Waals surface area contributed by atoms with Gasteiger partial charge in [0.15, 0.2) is 0 Å². The minimum atomic E-state index is -1.09. The molecule has 2 aromatic rings. The zero-order valence-corrected chi connectivity index (χ0v) is 11.7. The molecule has 0 fully saturated rings. The van der Waals surface area contributed by atoms with Gasteiger partial charge in [0.25, 0.3) is 0 Å². The van der Waals surface area contributed by atoms with Gasteiger partial charge in [-0.1, -0.05) is 12.1 Å². The quantitative estimate of drug-likeness (QED) is 0.576. The third-order valence-electron chi connectivity index (χ3n) is 2.68. The van der Waals surface area contributed by atoms with Crippen LogP contribution in [-0.2, 0) is 11.2 Å². The van der Waals surface area contributed by atoms with Gasteiger partial charge in [-0.2, -0.15) is 0 Å². The molecule has 2 rings (SSSR count). The number of furan rings is 1. The van der Waals surface area contributed by atoms with E-state index in [9.17, 15) is 9.90 Å². The van der Waals surface area contributed by atoms with Gasteiger partial charge < -0.3 is 14.3 Å². The summed E-state index contributed by atoms with van der Waals surface area (Å²) < 4.78 is 5.37. The fourth-order valence-electron chi connectivity index (χ4n) is 1.68. The van der Waals surface area contributed by atoms with Gasteiger partial charge in [-0.05, 0) is 25.0 Å². The van der Waals surface area contributed by atoms with Crippen molar-refractivity contribution in [2.24, 2.45) is 0 Å². The van der Waals surface area contributed by atoms with E-state index in [0.717, 1.165) is 22.1 Å². The first kappa shape index (κ1) is 13.3. The number of fused-ring (bicyclic) bond motifs is 1. The van der Waals surface area contributed by atoms with Gasteiger partial charge in [-0.25, -0.2) is 0 Å². The Morgan fingerprint density at radius 2 is 2.06 bits per heavy atom. The van der Waals surface area contributed by atoms with Gasteiger partial charge in [-0.3, -0.25) is 0 Å². The molecule has 1 aromatic carbocycles. The summed E-state index contributed by atoms with van der Waals surface area (Å²) in [5, 5.41) is 11.4. The maximum atomic E-state index is 10.5. The first-order valence-corrected chi connectivity index (χ1v) is 4.75. The molecule has 0 N–H and O–H groups in total. The van der Waals surface area contributed by atoms with Crippen LogP contribution in [0.3, 0.4) is 0 Å². The Morgan fingerprint density at radius 1 is 1.38 bits per heavy atom. The second-order valence-corrected chi connectivity index (χ2v) is 3.69. The summed E-state index contributed by atoms with van der Waals surface area (Å²) in [5.74, 6) is -1.09. The summed E-state index contributed by atoms with van der Waals surface area (Å²) in [6.45, 7) is 3.96. The topological polar surface area (TPSA) is 53.3 Å². The van der Waals surface area contributed by atoms with Crippen LogP contribution in [0.4, 0.5) is 0 Å². The number of benzene rings is 1.